The van der Waals surface area contributed by atoms with Gasteiger partial charge in [-0.15, -0.1) is 0 Å². The van der Waals surface area contributed by atoms with Crippen molar-refractivity contribution >= 4 is 16.9 Å². The predicted octanol–water partition coefficient (Wildman–Crippen LogP) is 3.21. The summed E-state index contributed by atoms with van der Waals surface area (Å²) in [6, 6.07) is 13.7. The molecule has 1 N–H and O–H groups in total. The fraction of sp³-hybridized carbons (Fsp3) is 0.150. The molecule has 0 saturated heterocycles. The number of para-hydroxylation sites is 2. The van der Waals surface area contributed by atoms with Gasteiger partial charge in [0.1, 0.15) is 30.7 Å². The maximum Gasteiger partial charge on any atom is 0.168 e. The lowest BCUT2D eigenvalue weighted by molar-refractivity contribution is 0.0997. The number of fused-ring (bicyclic) bond motifs is 2. The molecule has 0 aliphatic carbocycles. The zero-order valence-electron chi connectivity index (χ0n) is 14.7. The zero-order chi connectivity index (χ0) is 18.9. The molecular formula is C20H16FN5O2. The summed E-state index contributed by atoms with van der Waals surface area (Å²) in [5.41, 5.74) is 1.36. The monoisotopic (exact) mass is 377 g/mol. The summed E-state index contributed by atoms with van der Waals surface area (Å²) >= 11 is 0. The van der Waals surface area contributed by atoms with Crippen molar-refractivity contribution in [2.24, 2.45) is 0 Å². The van der Waals surface area contributed by atoms with E-state index >= 15 is 0 Å². The molecule has 1 aliphatic rings. The number of aromatic nitrogens is 4. The molecule has 0 bridgehead atoms. The Morgan fingerprint density at radius 2 is 1.89 bits per heavy atom. The van der Waals surface area contributed by atoms with Crippen LogP contribution in [0.4, 0.5) is 10.2 Å². The third kappa shape index (κ3) is 2.98. The highest BCUT2D eigenvalue weighted by molar-refractivity contribution is 5.87. The van der Waals surface area contributed by atoms with Gasteiger partial charge in [0, 0.05) is 0 Å². The van der Waals surface area contributed by atoms with Gasteiger partial charge in [0.05, 0.1) is 23.8 Å². The van der Waals surface area contributed by atoms with E-state index in [1.165, 1.54) is 18.5 Å². The van der Waals surface area contributed by atoms with Crippen molar-refractivity contribution in [1.82, 2.24) is 19.7 Å². The number of nitrogens with one attached hydrogen (secondary N) is 1. The van der Waals surface area contributed by atoms with Crippen LogP contribution in [0.15, 0.2) is 61.1 Å². The molecule has 1 atom stereocenters. The van der Waals surface area contributed by atoms with E-state index in [2.05, 4.69) is 20.4 Å². The van der Waals surface area contributed by atoms with E-state index in [-0.39, 0.29) is 11.9 Å². The van der Waals surface area contributed by atoms with Gasteiger partial charge in [-0.1, -0.05) is 12.1 Å². The van der Waals surface area contributed by atoms with E-state index < -0.39 is 0 Å². The molecule has 0 saturated carbocycles. The topological polar surface area (TPSA) is 74.1 Å². The van der Waals surface area contributed by atoms with Crippen molar-refractivity contribution in [2.45, 2.75) is 6.10 Å². The van der Waals surface area contributed by atoms with Crippen molar-refractivity contribution in [2.75, 3.05) is 18.5 Å². The van der Waals surface area contributed by atoms with Crippen LogP contribution in [0.1, 0.15) is 0 Å². The SMILES string of the molecule is Fc1ccc(-n2ncc3c(NC[C@@H]4COc5ccccc5O4)ncnc32)cc1. The Bertz CT molecular complexity index is 1130. The first-order valence-electron chi connectivity index (χ1n) is 8.85. The minimum Gasteiger partial charge on any atom is -0.486 e. The van der Waals surface area contributed by atoms with Gasteiger partial charge in [-0.05, 0) is 36.4 Å². The third-order valence-corrected chi connectivity index (χ3v) is 4.50. The van der Waals surface area contributed by atoms with Crippen LogP contribution >= 0.6 is 0 Å². The third-order valence-electron chi connectivity index (χ3n) is 4.50. The second kappa shape index (κ2) is 6.80. The maximum absolute atomic E-state index is 13.2. The van der Waals surface area contributed by atoms with E-state index in [9.17, 15) is 4.39 Å². The first-order valence-corrected chi connectivity index (χ1v) is 8.85. The molecule has 0 amide bonds. The van der Waals surface area contributed by atoms with Gasteiger partial charge < -0.3 is 14.8 Å². The Balaban J connectivity index is 1.36. The second-order valence-electron chi connectivity index (χ2n) is 6.37. The second-order valence-corrected chi connectivity index (χ2v) is 6.37. The Morgan fingerprint density at radius 3 is 2.75 bits per heavy atom. The minimum atomic E-state index is -0.298. The molecule has 3 heterocycles. The maximum atomic E-state index is 13.2. The number of hydrogen-bond donors (Lipinski definition) is 1. The lowest BCUT2D eigenvalue weighted by Gasteiger charge is -2.26. The number of nitrogens with zero attached hydrogens (tertiary/aromatic N) is 4. The van der Waals surface area contributed by atoms with Gasteiger partial charge in [-0.2, -0.15) is 5.10 Å². The summed E-state index contributed by atoms with van der Waals surface area (Å²) in [7, 11) is 0. The summed E-state index contributed by atoms with van der Waals surface area (Å²) in [5, 5.41) is 8.44. The van der Waals surface area contributed by atoms with E-state index in [4.69, 9.17) is 9.47 Å². The van der Waals surface area contributed by atoms with Crippen molar-refractivity contribution in [3.63, 3.8) is 0 Å². The fourth-order valence-corrected chi connectivity index (χ4v) is 3.13. The number of hydrogen-bond acceptors (Lipinski definition) is 6. The molecule has 0 fully saturated rings. The quantitative estimate of drug-likeness (QED) is 0.589. The Hall–Kier alpha value is -3.68. The normalized spacial score (nSPS) is 15.5. The number of halogens is 1. The first kappa shape index (κ1) is 16.5. The Morgan fingerprint density at radius 1 is 1.07 bits per heavy atom. The Kier molecular flexibility index (Phi) is 4.01. The van der Waals surface area contributed by atoms with Gasteiger partial charge in [0.15, 0.2) is 17.1 Å². The van der Waals surface area contributed by atoms with Gasteiger partial charge in [-0.3, -0.25) is 0 Å². The van der Waals surface area contributed by atoms with Gasteiger partial charge >= 0.3 is 0 Å². The van der Waals surface area contributed by atoms with Crippen LogP contribution in [0.3, 0.4) is 0 Å². The van der Waals surface area contributed by atoms with Crippen molar-refractivity contribution in [1.29, 1.82) is 0 Å². The molecule has 4 aromatic rings. The largest absolute Gasteiger partial charge is 0.486 e. The fourth-order valence-electron chi connectivity index (χ4n) is 3.13. The predicted molar refractivity (Wildman–Crippen MR) is 101 cm³/mol. The van der Waals surface area contributed by atoms with Gasteiger partial charge in [-0.25, -0.2) is 19.0 Å². The van der Waals surface area contributed by atoms with E-state index in [0.29, 0.717) is 24.6 Å². The molecule has 1 aliphatic heterocycles. The van der Waals surface area contributed by atoms with Crippen molar-refractivity contribution in [3.8, 4) is 17.2 Å². The smallest absolute Gasteiger partial charge is 0.168 e. The molecule has 2 aromatic carbocycles. The van der Waals surface area contributed by atoms with Crippen LogP contribution in [-0.4, -0.2) is 39.0 Å². The van der Waals surface area contributed by atoms with E-state index in [1.807, 2.05) is 24.3 Å². The van der Waals surface area contributed by atoms with E-state index in [0.717, 1.165) is 22.6 Å². The summed E-state index contributed by atoms with van der Waals surface area (Å²) in [4.78, 5) is 8.65. The van der Waals surface area contributed by atoms with Crippen LogP contribution in [0, 0.1) is 5.82 Å². The van der Waals surface area contributed by atoms with Crippen LogP contribution in [-0.2, 0) is 0 Å². The molecule has 0 unspecified atom stereocenters. The average molecular weight is 377 g/mol. The van der Waals surface area contributed by atoms with Crippen LogP contribution in [0.2, 0.25) is 0 Å². The molecule has 5 rings (SSSR count). The summed E-state index contributed by atoms with van der Waals surface area (Å²) < 4.78 is 26.5. The number of ether oxygens (including phenoxy) is 2. The Labute approximate surface area is 159 Å². The standard InChI is InChI=1S/C20H16FN5O2/c21-13-5-7-14(8-6-13)26-20-16(10-25-26)19(23-12-24-20)22-9-15-11-27-17-3-1-2-4-18(17)28-15/h1-8,10,12,15H,9,11H2,(H,22,23,24)/t15-/m1/s1. The average Bonchev–Trinajstić information content (AvgIpc) is 3.17. The molecule has 28 heavy (non-hydrogen) atoms. The first-order chi connectivity index (χ1) is 13.8. The number of anilines is 1. The molecule has 8 heteroatoms. The summed E-state index contributed by atoms with van der Waals surface area (Å²) in [5.74, 6) is 1.84. The molecule has 7 nitrogen and oxygen atoms in total. The lowest BCUT2D eigenvalue weighted by Crippen LogP contribution is -2.35. The molecule has 0 spiro atoms. The highest BCUT2D eigenvalue weighted by Crippen LogP contribution is 2.31. The van der Waals surface area contributed by atoms with Crippen molar-refractivity contribution in [3.05, 3.63) is 66.9 Å². The van der Waals surface area contributed by atoms with Crippen LogP contribution in [0.25, 0.3) is 16.7 Å². The number of rotatable bonds is 4. The van der Waals surface area contributed by atoms with Gasteiger partial charge in [0.2, 0.25) is 0 Å². The minimum absolute atomic E-state index is 0.146. The van der Waals surface area contributed by atoms with Crippen molar-refractivity contribution < 1.29 is 13.9 Å². The summed E-state index contributed by atoms with van der Waals surface area (Å²) in [6.45, 7) is 0.968. The molecule has 2 aromatic heterocycles. The van der Waals surface area contributed by atoms with E-state index in [1.54, 1.807) is 23.0 Å². The molecule has 140 valence electrons. The number of benzene rings is 2. The molecule has 0 radical (unpaired) electrons. The summed E-state index contributed by atoms with van der Waals surface area (Å²) in [6.07, 6.45) is 3.01. The highest BCUT2D eigenvalue weighted by atomic mass is 19.1. The zero-order valence-corrected chi connectivity index (χ0v) is 14.7. The van der Waals surface area contributed by atoms with Crippen LogP contribution < -0.4 is 14.8 Å². The lowest BCUT2D eigenvalue weighted by atomic mass is 10.2. The molecular weight excluding hydrogens is 361 g/mol. The highest BCUT2D eigenvalue weighted by Gasteiger charge is 2.21. The van der Waals surface area contributed by atoms with Gasteiger partial charge in [0.25, 0.3) is 0 Å². The van der Waals surface area contributed by atoms with Crippen LogP contribution in [0.5, 0.6) is 11.5 Å².